The molecule has 0 saturated carbocycles. The van der Waals surface area contributed by atoms with Crippen LogP contribution in [-0.2, 0) is 5.41 Å². The zero-order valence-corrected chi connectivity index (χ0v) is 30.1. The summed E-state index contributed by atoms with van der Waals surface area (Å²) in [6, 6.07) is 56.7. The highest BCUT2D eigenvalue weighted by molar-refractivity contribution is 6.15. The Morgan fingerprint density at radius 1 is 0.491 bits per heavy atom. The fourth-order valence-electron chi connectivity index (χ4n) is 8.75. The Hall–Kier alpha value is -6.58. The summed E-state index contributed by atoms with van der Waals surface area (Å²) in [5.41, 5.74) is 17.5. The number of hydrogen-bond donors (Lipinski definition) is 0. The van der Waals surface area contributed by atoms with Gasteiger partial charge in [-0.3, -0.25) is 0 Å². The van der Waals surface area contributed by atoms with Gasteiger partial charge in [0.25, 0.3) is 0 Å². The van der Waals surface area contributed by atoms with Crippen molar-refractivity contribution in [2.75, 3.05) is 0 Å². The van der Waals surface area contributed by atoms with Crippen molar-refractivity contribution in [3.05, 3.63) is 192 Å². The average Bonchev–Trinajstić information content (AvgIpc) is 3.66. The number of para-hydroxylation sites is 1. The molecule has 53 heavy (non-hydrogen) atoms. The molecule has 6 bridgehead atoms. The predicted molar refractivity (Wildman–Crippen MR) is 223 cm³/mol. The van der Waals surface area contributed by atoms with Crippen molar-refractivity contribution in [2.45, 2.75) is 26.2 Å². The molecule has 10 rings (SSSR count). The number of hydrogen-bond acceptors (Lipinski definition) is 2. The van der Waals surface area contributed by atoms with E-state index in [2.05, 4.69) is 184 Å². The third-order valence-corrected chi connectivity index (χ3v) is 11.2. The van der Waals surface area contributed by atoms with Gasteiger partial charge in [0.05, 0.1) is 16.7 Å². The number of benzene rings is 7. The third kappa shape index (κ3) is 4.81. The molecular formula is C50H37N3. The Morgan fingerprint density at radius 3 is 1.94 bits per heavy atom. The van der Waals surface area contributed by atoms with Crippen LogP contribution in [0.5, 0.6) is 0 Å². The number of rotatable bonds is 2. The molecule has 0 spiro atoms. The van der Waals surface area contributed by atoms with E-state index < -0.39 is 0 Å². The monoisotopic (exact) mass is 679 g/mol. The van der Waals surface area contributed by atoms with Crippen LogP contribution >= 0.6 is 0 Å². The summed E-state index contributed by atoms with van der Waals surface area (Å²) in [5, 5.41) is 2.51. The van der Waals surface area contributed by atoms with Crippen LogP contribution in [0.3, 0.4) is 0 Å². The minimum Gasteiger partial charge on any atom is -0.309 e. The second-order valence-electron chi connectivity index (χ2n) is 14.7. The molecule has 0 amide bonds. The van der Waals surface area contributed by atoms with E-state index in [9.17, 15) is 0 Å². The largest absolute Gasteiger partial charge is 0.309 e. The lowest BCUT2D eigenvalue weighted by molar-refractivity contribution is 0.662. The van der Waals surface area contributed by atoms with E-state index in [-0.39, 0.29) is 5.41 Å². The average molecular weight is 680 g/mol. The summed E-state index contributed by atoms with van der Waals surface area (Å²) in [4.78, 5) is 10.6. The van der Waals surface area contributed by atoms with Crippen LogP contribution in [0.2, 0.25) is 0 Å². The zero-order chi connectivity index (χ0) is 35.8. The Labute approximate surface area is 310 Å². The van der Waals surface area contributed by atoms with Gasteiger partial charge in [-0.2, -0.15) is 0 Å². The lowest BCUT2D eigenvalue weighted by Crippen LogP contribution is -2.18. The first-order valence-corrected chi connectivity index (χ1v) is 18.3. The summed E-state index contributed by atoms with van der Waals surface area (Å²) < 4.78 is 2.49. The second-order valence-corrected chi connectivity index (χ2v) is 14.7. The molecular weight excluding hydrogens is 643 g/mol. The standard InChI is InChI=1S/C50H37N3/c1-31-36-15-10-16-37(29-36)38-17-11-18-39(30-38)53-45-22-9-8-19-41(45)44-28-27-43-42-21-12-20-40(46(42)50(3,4)47(43)48(44)53)32(2)52-49(51-31)35-25-23-34(24-26-35)33-13-6-5-7-14-33/h5-30H,2H2,1,3-4H3/b51-31+,52-49-. The van der Waals surface area contributed by atoms with Gasteiger partial charge in [-0.1, -0.05) is 154 Å². The Kier molecular flexibility index (Phi) is 6.90. The van der Waals surface area contributed by atoms with E-state index in [4.69, 9.17) is 9.98 Å². The second kappa shape index (κ2) is 11.7. The molecule has 1 aliphatic heterocycles. The van der Waals surface area contributed by atoms with Crippen molar-refractivity contribution < 1.29 is 0 Å². The van der Waals surface area contributed by atoms with Crippen molar-refractivity contribution in [1.29, 1.82) is 0 Å². The molecule has 8 aromatic rings. The van der Waals surface area contributed by atoms with E-state index in [1.807, 2.05) is 6.07 Å². The molecule has 7 aromatic carbocycles. The fraction of sp³-hybridized carbons (Fsp3) is 0.0800. The Balaban J connectivity index is 1.27. The van der Waals surface area contributed by atoms with Gasteiger partial charge in [-0.05, 0) is 81.3 Å². The normalized spacial score (nSPS) is 16.3. The summed E-state index contributed by atoms with van der Waals surface area (Å²) in [7, 11) is 0. The van der Waals surface area contributed by atoms with E-state index >= 15 is 0 Å². The molecule has 252 valence electrons. The fourth-order valence-corrected chi connectivity index (χ4v) is 8.75. The van der Waals surface area contributed by atoms with Gasteiger partial charge in [0.1, 0.15) is 0 Å². The molecule has 1 aliphatic carbocycles. The highest BCUT2D eigenvalue weighted by Crippen LogP contribution is 2.55. The zero-order valence-electron chi connectivity index (χ0n) is 30.1. The van der Waals surface area contributed by atoms with E-state index in [1.165, 1.54) is 49.6 Å². The molecule has 0 saturated heterocycles. The van der Waals surface area contributed by atoms with Gasteiger partial charge < -0.3 is 4.57 Å². The van der Waals surface area contributed by atoms with Gasteiger partial charge in [-0.25, -0.2) is 9.98 Å². The number of aliphatic imine (C=N–C) groups is 2. The predicted octanol–water partition coefficient (Wildman–Crippen LogP) is 12.7. The third-order valence-electron chi connectivity index (χ3n) is 11.2. The first kappa shape index (κ1) is 31.2. The molecule has 0 unspecified atom stereocenters. The number of amidine groups is 1. The maximum atomic E-state index is 5.31. The van der Waals surface area contributed by atoms with Gasteiger partial charge in [-0.15, -0.1) is 0 Å². The Bertz CT molecular complexity index is 2860. The molecule has 0 fully saturated rings. The van der Waals surface area contributed by atoms with E-state index in [1.54, 1.807) is 0 Å². The van der Waals surface area contributed by atoms with Gasteiger partial charge in [0, 0.05) is 38.7 Å². The molecule has 2 heterocycles. The molecule has 0 atom stereocenters. The van der Waals surface area contributed by atoms with Gasteiger partial charge in [0.2, 0.25) is 0 Å². The topological polar surface area (TPSA) is 29.6 Å². The van der Waals surface area contributed by atoms with Crippen LogP contribution in [0.4, 0.5) is 0 Å². The highest BCUT2D eigenvalue weighted by Gasteiger charge is 2.40. The highest BCUT2D eigenvalue weighted by atomic mass is 15.0. The van der Waals surface area contributed by atoms with Crippen LogP contribution in [0.25, 0.3) is 66.6 Å². The lowest BCUT2D eigenvalue weighted by Gasteiger charge is -2.26. The Morgan fingerprint density at radius 2 is 1.11 bits per heavy atom. The molecule has 1 aromatic heterocycles. The summed E-state index contributed by atoms with van der Waals surface area (Å²) in [5.74, 6) is 0.636. The lowest BCUT2D eigenvalue weighted by atomic mass is 9.79. The summed E-state index contributed by atoms with van der Waals surface area (Å²) in [6.07, 6.45) is 0. The molecule has 3 nitrogen and oxygen atoms in total. The number of aromatic nitrogens is 1. The van der Waals surface area contributed by atoms with Crippen LogP contribution in [0.1, 0.15) is 48.6 Å². The maximum absolute atomic E-state index is 5.31. The van der Waals surface area contributed by atoms with E-state index in [0.29, 0.717) is 11.5 Å². The van der Waals surface area contributed by atoms with Crippen molar-refractivity contribution >= 4 is 39.1 Å². The van der Waals surface area contributed by atoms with Gasteiger partial charge in [0.15, 0.2) is 5.84 Å². The minimum absolute atomic E-state index is 0.347. The first-order chi connectivity index (χ1) is 25.9. The maximum Gasteiger partial charge on any atom is 0.160 e. The van der Waals surface area contributed by atoms with Crippen molar-refractivity contribution in [3.63, 3.8) is 0 Å². The van der Waals surface area contributed by atoms with Crippen LogP contribution in [0.15, 0.2) is 174 Å². The molecule has 0 radical (unpaired) electrons. The van der Waals surface area contributed by atoms with E-state index in [0.717, 1.165) is 44.8 Å². The molecule has 0 N–H and O–H groups in total. The smallest absolute Gasteiger partial charge is 0.160 e. The molecule has 2 aliphatic rings. The number of fused-ring (bicyclic) bond motifs is 10. The quantitative estimate of drug-likeness (QED) is 0.174. The van der Waals surface area contributed by atoms with Crippen molar-refractivity contribution in [2.24, 2.45) is 9.98 Å². The van der Waals surface area contributed by atoms with Crippen LogP contribution in [0, 0.1) is 0 Å². The van der Waals surface area contributed by atoms with Crippen molar-refractivity contribution in [1.82, 2.24) is 4.57 Å². The van der Waals surface area contributed by atoms with Crippen LogP contribution in [-0.4, -0.2) is 16.1 Å². The van der Waals surface area contributed by atoms with Gasteiger partial charge >= 0.3 is 0 Å². The molecule has 3 heteroatoms. The number of nitrogens with zero attached hydrogens (tertiary/aromatic N) is 3. The minimum atomic E-state index is -0.347. The summed E-state index contributed by atoms with van der Waals surface area (Å²) >= 11 is 0. The first-order valence-electron chi connectivity index (χ1n) is 18.3. The van der Waals surface area contributed by atoms with Crippen LogP contribution < -0.4 is 0 Å². The summed E-state index contributed by atoms with van der Waals surface area (Å²) in [6.45, 7) is 11.4. The SMILES string of the molecule is C=C1/N=C(c2ccc(-c3ccccc3)cc2)\N=C(/C)c2cccc(c2)-c2cccc(c2)-n2c3ccccc3c3ccc4c(c32)C(C)(C)c2c1cccc2-4. The van der Waals surface area contributed by atoms with Crippen molar-refractivity contribution in [3.8, 4) is 39.1 Å².